The molecule has 0 N–H and O–H groups in total. The lowest BCUT2D eigenvalue weighted by molar-refractivity contribution is 0.414. The average Bonchev–Trinajstić information content (AvgIpc) is 2.91. The minimum atomic E-state index is 0.902. The van der Waals surface area contributed by atoms with Gasteiger partial charge in [-0.25, -0.2) is 0 Å². The van der Waals surface area contributed by atoms with Crippen molar-refractivity contribution in [3.63, 3.8) is 0 Å². The molecule has 1 aliphatic rings. The van der Waals surface area contributed by atoms with Gasteiger partial charge in [0.05, 0.1) is 7.11 Å². The number of benzene rings is 3. The molecule has 0 unspecified atom stereocenters. The monoisotopic (exact) mass is 353 g/mol. The van der Waals surface area contributed by atoms with E-state index in [0.29, 0.717) is 0 Å². The number of hydrogen-bond donors (Lipinski definition) is 0. The van der Waals surface area contributed by atoms with Crippen molar-refractivity contribution >= 4 is 32.4 Å². The summed E-state index contributed by atoms with van der Waals surface area (Å²) in [5.41, 5.74) is 4.02. The van der Waals surface area contributed by atoms with E-state index in [2.05, 4.69) is 63.3 Å². The highest BCUT2D eigenvalue weighted by atomic mass is 79.9. The van der Waals surface area contributed by atoms with E-state index in [0.717, 1.165) is 18.8 Å². The van der Waals surface area contributed by atoms with Gasteiger partial charge >= 0.3 is 0 Å². The number of methoxy groups -OCH3 is 1. The summed E-state index contributed by atoms with van der Waals surface area (Å²) in [6, 6.07) is 19.2. The highest BCUT2D eigenvalue weighted by Crippen LogP contribution is 2.40. The number of nitrogens with zero attached hydrogens (tertiary/aromatic N) is 1. The third-order valence-corrected chi connectivity index (χ3v) is 4.98. The van der Waals surface area contributed by atoms with Gasteiger partial charge in [0.25, 0.3) is 0 Å². The van der Waals surface area contributed by atoms with E-state index >= 15 is 0 Å². The molecular formula is C19H16BrNO. The van der Waals surface area contributed by atoms with Crippen LogP contribution in [-0.4, -0.2) is 7.11 Å². The molecule has 1 aliphatic heterocycles. The zero-order valence-electron chi connectivity index (χ0n) is 12.3. The second-order valence-corrected chi connectivity index (χ2v) is 6.46. The molecule has 0 aromatic heterocycles. The molecule has 3 aromatic carbocycles. The van der Waals surface area contributed by atoms with Crippen molar-refractivity contribution in [2.45, 2.75) is 13.1 Å². The van der Waals surface area contributed by atoms with Crippen molar-refractivity contribution in [2.75, 3.05) is 12.0 Å². The maximum absolute atomic E-state index is 5.23. The Balaban J connectivity index is 1.70. The molecule has 1 heterocycles. The van der Waals surface area contributed by atoms with Crippen LogP contribution in [0.15, 0.2) is 59.1 Å². The molecule has 4 rings (SSSR count). The normalized spacial score (nSPS) is 12.9. The van der Waals surface area contributed by atoms with E-state index in [1.165, 1.54) is 32.1 Å². The van der Waals surface area contributed by atoms with E-state index in [9.17, 15) is 0 Å². The summed E-state index contributed by atoms with van der Waals surface area (Å²) < 4.78 is 6.40. The predicted molar refractivity (Wildman–Crippen MR) is 94.5 cm³/mol. The number of halogens is 1. The highest BCUT2D eigenvalue weighted by molar-refractivity contribution is 9.10. The number of ether oxygens (including phenoxy) is 1. The van der Waals surface area contributed by atoms with Crippen LogP contribution in [-0.2, 0) is 13.1 Å². The Kier molecular flexibility index (Phi) is 3.30. The maximum atomic E-state index is 5.23. The van der Waals surface area contributed by atoms with Gasteiger partial charge in [-0.15, -0.1) is 0 Å². The molecule has 0 bridgehead atoms. The van der Waals surface area contributed by atoms with Crippen LogP contribution in [0.5, 0.6) is 5.75 Å². The SMILES string of the molecule is COc1ccc(CN2Cc3ccc(Br)c4cccc2c34)cc1. The Labute approximate surface area is 138 Å². The van der Waals surface area contributed by atoms with Gasteiger partial charge in [-0.05, 0) is 40.8 Å². The number of hydrogen-bond acceptors (Lipinski definition) is 2. The van der Waals surface area contributed by atoms with Crippen LogP contribution in [0.2, 0.25) is 0 Å². The molecule has 3 aromatic rings. The van der Waals surface area contributed by atoms with Crippen LogP contribution < -0.4 is 9.64 Å². The average molecular weight is 354 g/mol. The van der Waals surface area contributed by atoms with Gasteiger partial charge < -0.3 is 9.64 Å². The van der Waals surface area contributed by atoms with Crippen molar-refractivity contribution in [1.29, 1.82) is 0 Å². The molecule has 0 fully saturated rings. The minimum Gasteiger partial charge on any atom is -0.497 e. The smallest absolute Gasteiger partial charge is 0.118 e. The van der Waals surface area contributed by atoms with Gasteiger partial charge in [-0.1, -0.05) is 46.3 Å². The zero-order valence-corrected chi connectivity index (χ0v) is 13.9. The van der Waals surface area contributed by atoms with E-state index in [1.54, 1.807) is 7.11 Å². The van der Waals surface area contributed by atoms with Crippen molar-refractivity contribution in [1.82, 2.24) is 0 Å². The van der Waals surface area contributed by atoms with E-state index < -0.39 is 0 Å². The first kappa shape index (κ1) is 13.6. The minimum absolute atomic E-state index is 0.902. The van der Waals surface area contributed by atoms with Crippen LogP contribution in [0, 0.1) is 0 Å². The molecule has 0 atom stereocenters. The zero-order chi connectivity index (χ0) is 15.1. The van der Waals surface area contributed by atoms with E-state index in [-0.39, 0.29) is 0 Å². The van der Waals surface area contributed by atoms with Crippen LogP contribution in [0.4, 0.5) is 5.69 Å². The van der Waals surface area contributed by atoms with Gasteiger partial charge in [0.15, 0.2) is 0 Å². The van der Waals surface area contributed by atoms with Gasteiger partial charge in [0, 0.05) is 28.6 Å². The van der Waals surface area contributed by atoms with Gasteiger partial charge in [-0.3, -0.25) is 0 Å². The van der Waals surface area contributed by atoms with Crippen LogP contribution in [0.3, 0.4) is 0 Å². The Morgan fingerprint density at radius 2 is 1.86 bits per heavy atom. The molecule has 3 heteroatoms. The first-order valence-electron chi connectivity index (χ1n) is 7.34. The van der Waals surface area contributed by atoms with Crippen molar-refractivity contribution in [2.24, 2.45) is 0 Å². The standard InChI is InChI=1S/C19H16BrNO/c1-22-15-8-5-13(6-9-15)11-21-12-14-7-10-17(20)16-3-2-4-18(21)19(14)16/h2-10H,11-12H2,1H3. The summed E-state index contributed by atoms with van der Waals surface area (Å²) in [5, 5.41) is 2.68. The Morgan fingerprint density at radius 1 is 1.05 bits per heavy atom. The Hall–Kier alpha value is -2.00. The lowest BCUT2D eigenvalue weighted by atomic mass is 10.1. The second-order valence-electron chi connectivity index (χ2n) is 5.61. The summed E-state index contributed by atoms with van der Waals surface area (Å²) in [5.74, 6) is 0.902. The molecule has 0 saturated heterocycles. The maximum Gasteiger partial charge on any atom is 0.118 e. The summed E-state index contributed by atoms with van der Waals surface area (Å²) in [6.45, 7) is 1.88. The molecule has 0 saturated carbocycles. The molecule has 0 amide bonds. The third kappa shape index (κ3) is 2.17. The molecule has 2 nitrogen and oxygen atoms in total. The fraction of sp³-hybridized carbons (Fsp3) is 0.158. The third-order valence-electron chi connectivity index (χ3n) is 4.29. The second kappa shape index (κ2) is 5.33. The highest BCUT2D eigenvalue weighted by Gasteiger charge is 2.22. The van der Waals surface area contributed by atoms with Crippen molar-refractivity contribution < 1.29 is 4.74 Å². The quantitative estimate of drug-likeness (QED) is 0.646. The molecule has 0 spiro atoms. The lowest BCUT2D eigenvalue weighted by Crippen LogP contribution is -2.17. The Bertz CT molecular complexity index is 842. The first-order valence-corrected chi connectivity index (χ1v) is 8.13. The molecular weight excluding hydrogens is 338 g/mol. The van der Waals surface area contributed by atoms with Crippen molar-refractivity contribution in [3.05, 3.63) is 70.2 Å². The molecule has 110 valence electrons. The van der Waals surface area contributed by atoms with Gasteiger partial charge in [0.2, 0.25) is 0 Å². The van der Waals surface area contributed by atoms with Gasteiger partial charge in [-0.2, -0.15) is 0 Å². The number of rotatable bonds is 3. The van der Waals surface area contributed by atoms with Crippen molar-refractivity contribution in [3.8, 4) is 5.75 Å². The fourth-order valence-electron chi connectivity index (χ4n) is 3.20. The molecule has 0 aliphatic carbocycles. The van der Waals surface area contributed by atoms with E-state index in [4.69, 9.17) is 4.74 Å². The van der Waals surface area contributed by atoms with Crippen LogP contribution >= 0.6 is 15.9 Å². The largest absolute Gasteiger partial charge is 0.497 e. The van der Waals surface area contributed by atoms with Crippen LogP contribution in [0.1, 0.15) is 11.1 Å². The van der Waals surface area contributed by atoms with Crippen LogP contribution in [0.25, 0.3) is 10.8 Å². The van der Waals surface area contributed by atoms with Gasteiger partial charge in [0.1, 0.15) is 5.75 Å². The fourth-order valence-corrected chi connectivity index (χ4v) is 3.66. The summed E-state index contributed by atoms with van der Waals surface area (Å²) in [7, 11) is 1.70. The summed E-state index contributed by atoms with van der Waals surface area (Å²) in [6.07, 6.45) is 0. The number of anilines is 1. The Morgan fingerprint density at radius 3 is 2.64 bits per heavy atom. The first-order chi connectivity index (χ1) is 10.8. The lowest BCUT2D eigenvalue weighted by Gasteiger charge is -2.20. The summed E-state index contributed by atoms with van der Waals surface area (Å²) in [4.78, 5) is 2.44. The summed E-state index contributed by atoms with van der Waals surface area (Å²) >= 11 is 3.66. The topological polar surface area (TPSA) is 12.5 Å². The molecule has 0 radical (unpaired) electrons. The molecule has 22 heavy (non-hydrogen) atoms. The van der Waals surface area contributed by atoms with E-state index in [1.807, 2.05) is 12.1 Å². The predicted octanol–water partition coefficient (Wildman–Crippen LogP) is 5.13.